The van der Waals surface area contributed by atoms with Gasteiger partial charge in [0.05, 0.1) is 11.9 Å². The van der Waals surface area contributed by atoms with E-state index in [0.717, 1.165) is 63.0 Å². The minimum Gasteiger partial charge on any atom is -0.373 e. The fourth-order valence-corrected chi connectivity index (χ4v) is 6.18. The van der Waals surface area contributed by atoms with Gasteiger partial charge in [-0.15, -0.1) is 0 Å². The number of likely N-dealkylation sites (tertiary alicyclic amines) is 1. The smallest absolute Gasteiger partial charge is 0.125 e. The largest absolute Gasteiger partial charge is 0.373 e. The zero-order valence-corrected chi connectivity index (χ0v) is 25.3. The van der Waals surface area contributed by atoms with E-state index in [0.29, 0.717) is 0 Å². The van der Waals surface area contributed by atoms with Crippen molar-refractivity contribution in [1.82, 2.24) is 35.2 Å². The highest BCUT2D eigenvalue weighted by atomic mass is 15.3. The van der Waals surface area contributed by atoms with Gasteiger partial charge in [-0.25, -0.2) is 4.98 Å². The van der Waals surface area contributed by atoms with Crippen molar-refractivity contribution in [2.24, 2.45) is 11.8 Å². The van der Waals surface area contributed by atoms with Crippen molar-refractivity contribution in [3.05, 3.63) is 18.3 Å². The lowest BCUT2D eigenvalue weighted by Crippen LogP contribution is -2.63. The highest BCUT2D eigenvalue weighted by Gasteiger charge is 2.30. The van der Waals surface area contributed by atoms with Crippen LogP contribution >= 0.6 is 0 Å². The van der Waals surface area contributed by atoms with Gasteiger partial charge in [0.1, 0.15) is 5.82 Å². The number of nitrogens with zero attached hydrogens (tertiary/aromatic N) is 6. The minimum absolute atomic E-state index is 0.780. The summed E-state index contributed by atoms with van der Waals surface area (Å²) in [5.41, 5.74) is 1.22. The van der Waals surface area contributed by atoms with E-state index in [2.05, 4.69) is 72.4 Å². The molecule has 5 saturated heterocycles. The quantitative estimate of drug-likeness (QED) is 0.483. The third kappa shape index (κ3) is 10.2. The van der Waals surface area contributed by atoms with Gasteiger partial charge in [0.25, 0.3) is 0 Å². The Hall–Kier alpha value is -1.49. The van der Waals surface area contributed by atoms with Crippen molar-refractivity contribution in [3.8, 4) is 0 Å². The van der Waals surface area contributed by atoms with Gasteiger partial charge in [0.2, 0.25) is 0 Å². The lowest BCUT2D eigenvalue weighted by molar-refractivity contribution is 0.0145. The van der Waals surface area contributed by atoms with E-state index < -0.39 is 0 Å². The van der Waals surface area contributed by atoms with Crippen LogP contribution in [0.25, 0.3) is 0 Å². The number of hydrogen-bond acceptors (Lipinski definition) is 9. The fourth-order valence-electron chi connectivity index (χ4n) is 6.18. The Morgan fingerprint density at radius 1 is 0.842 bits per heavy atom. The van der Waals surface area contributed by atoms with Crippen LogP contribution in [-0.4, -0.2) is 150 Å². The van der Waals surface area contributed by atoms with Crippen LogP contribution in [0.3, 0.4) is 0 Å². The number of nitrogens with one attached hydrogen (secondary N) is 3. The Kier molecular flexibility index (Phi) is 13.5. The number of fused-ring (bicyclic) bond motifs is 3. The van der Waals surface area contributed by atoms with Crippen LogP contribution in [-0.2, 0) is 0 Å². The molecule has 0 radical (unpaired) electrons. The molecule has 0 spiro atoms. The predicted molar refractivity (Wildman–Crippen MR) is 163 cm³/mol. The fraction of sp³-hybridized carbons (Fsp3) is 0.828. The summed E-state index contributed by atoms with van der Waals surface area (Å²) in [6, 6.07) is 4.93. The summed E-state index contributed by atoms with van der Waals surface area (Å²) in [5, 5.41) is 9.48. The lowest BCUT2D eigenvalue weighted by atomic mass is 9.92. The molecule has 38 heavy (non-hydrogen) atoms. The molecular weight excluding hydrogens is 474 g/mol. The number of piperazine rings is 4. The Morgan fingerprint density at radius 2 is 1.53 bits per heavy atom. The Morgan fingerprint density at radius 3 is 2.03 bits per heavy atom. The average Bonchev–Trinajstić information content (AvgIpc) is 2.94. The van der Waals surface area contributed by atoms with E-state index in [-0.39, 0.29) is 0 Å². The first kappa shape index (κ1) is 31.0. The Labute approximate surface area is 233 Å². The topological polar surface area (TPSA) is 65.2 Å². The van der Waals surface area contributed by atoms with E-state index in [1.54, 1.807) is 0 Å². The van der Waals surface area contributed by atoms with Gasteiger partial charge in [0, 0.05) is 105 Å². The molecular formula is C29H57N9. The van der Waals surface area contributed by atoms with Crippen LogP contribution < -0.4 is 20.9 Å². The molecule has 5 fully saturated rings. The normalized spacial score (nSPS) is 29.6. The second-order valence-corrected chi connectivity index (χ2v) is 11.8. The van der Waals surface area contributed by atoms with Crippen LogP contribution in [0, 0.1) is 11.8 Å². The summed E-state index contributed by atoms with van der Waals surface area (Å²) >= 11 is 0. The molecule has 6 heterocycles. The number of hydrogen-bond donors (Lipinski definition) is 3. The van der Waals surface area contributed by atoms with Gasteiger partial charge in [-0.1, -0.05) is 13.8 Å². The number of piperidine rings is 1. The molecule has 0 saturated carbocycles. The number of aromatic nitrogens is 1. The van der Waals surface area contributed by atoms with Crippen molar-refractivity contribution < 1.29 is 0 Å². The van der Waals surface area contributed by atoms with Crippen molar-refractivity contribution >= 4 is 11.5 Å². The zero-order valence-electron chi connectivity index (χ0n) is 25.3. The summed E-state index contributed by atoms with van der Waals surface area (Å²) in [4.78, 5) is 16.8. The van der Waals surface area contributed by atoms with E-state index in [9.17, 15) is 0 Å². The number of pyridine rings is 1. The van der Waals surface area contributed by atoms with Gasteiger partial charge >= 0.3 is 0 Å². The maximum absolute atomic E-state index is 4.33. The van der Waals surface area contributed by atoms with E-state index in [1.165, 1.54) is 64.5 Å². The monoisotopic (exact) mass is 531 g/mol. The molecule has 9 heteroatoms. The van der Waals surface area contributed by atoms with Crippen molar-refractivity contribution in [3.63, 3.8) is 0 Å². The second kappa shape index (κ2) is 16.6. The maximum Gasteiger partial charge on any atom is 0.125 e. The molecule has 0 aromatic carbocycles. The molecule has 218 valence electrons. The molecule has 1 aromatic heterocycles. The molecule has 1 aromatic rings. The first-order valence-electron chi connectivity index (χ1n) is 15.0. The molecule has 3 N–H and O–H groups in total. The summed E-state index contributed by atoms with van der Waals surface area (Å²) in [5.74, 6) is 2.71. The summed E-state index contributed by atoms with van der Waals surface area (Å²) in [7, 11) is 8.12. The Bertz CT molecular complexity index is 735. The Balaban J connectivity index is 0.000000160. The van der Waals surface area contributed by atoms with Gasteiger partial charge < -0.3 is 30.7 Å². The number of likely N-dealkylation sites (N-methyl/N-ethyl adjacent to an activating group) is 3. The van der Waals surface area contributed by atoms with Crippen LogP contribution in [0.1, 0.15) is 20.3 Å². The SMILES string of the molecule is CNCC1CN2CCN1CC2.CNCCN1C[C@H](C)C[C@H](C)C1.CNc1ccc(N2CCN(C)CC2)cn1. The van der Waals surface area contributed by atoms with Crippen molar-refractivity contribution in [1.29, 1.82) is 0 Å². The zero-order chi connectivity index (χ0) is 27.3. The van der Waals surface area contributed by atoms with Crippen LogP contribution in [0.15, 0.2) is 18.3 Å². The third-order valence-electron chi connectivity index (χ3n) is 8.33. The molecule has 3 atom stereocenters. The average molecular weight is 532 g/mol. The highest BCUT2D eigenvalue weighted by molar-refractivity contribution is 5.49. The third-order valence-corrected chi connectivity index (χ3v) is 8.33. The number of anilines is 2. The van der Waals surface area contributed by atoms with E-state index in [4.69, 9.17) is 0 Å². The molecule has 5 aliphatic rings. The lowest BCUT2D eigenvalue weighted by Gasteiger charge is -2.47. The highest BCUT2D eigenvalue weighted by Crippen LogP contribution is 2.20. The summed E-state index contributed by atoms with van der Waals surface area (Å²) < 4.78 is 0. The van der Waals surface area contributed by atoms with Crippen LogP contribution in [0.2, 0.25) is 0 Å². The molecule has 6 rings (SSSR count). The standard InChI is InChI=1S/C11H18N4.C10H22N2.C8H17N3/c1-12-11-4-3-10(9-13-11)15-7-5-14(2)6-8-15;1-9-6-10(2)8-12(7-9)5-4-11-3;1-9-6-8-7-10-2-4-11(8)5-3-10/h3-4,9H,5-8H2,1-2H3,(H,12,13);9-11H,4-8H2,1-3H3;8-9H,2-7H2,1H3/t;9-,10+;. The van der Waals surface area contributed by atoms with Gasteiger partial charge in [0.15, 0.2) is 0 Å². The van der Waals surface area contributed by atoms with Crippen molar-refractivity contribution in [2.75, 3.05) is 130 Å². The van der Waals surface area contributed by atoms with Gasteiger partial charge in [-0.2, -0.15) is 0 Å². The molecule has 1 unspecified atom stereocenters. The van der Waals surface area contributed by atoms with E-state index >= 15 is 0 Å². The molecule has 9 nitrogen and oxygen atoms in total. The van der Waals surface area contributed by atoms with Gasteiger partial charge in [-0.3, -0.25) is 9.80 Å². The number of rotatable bonds is 7. The summed E-state index contributed by atoms with van der Waals surface area (Å²) in [6.07, 6.45) is 3.35. The second-order valence-electron chi connectivity index (χ2n) is 11.8. The van der Waals surface area contributed by atoms with Gasteiger partial charge in [-0.05, 0) is 51.5 Å². The predicted octanol–water partition coefficient (Wildman–Crippen LogP) is 1.26. The maximum atomic E-state index is 4.33. The minimum atomic E-state index is 0.780. The summed E-state index contributed by atoms with van der Waals surface area (Å²) in [6.45, 7) is 21.7. The molecule has 0 amide bonds. The van der Waals surface area contributed by atoms with Crippen LogP contribution in [0.5, 0.6) is 0 Å². The molecule has 0 aliphatic carbocycles. The first-order chi connectivity index (χ1) is 18.4. The molecule has 2 bridgehead atoms. The first-order valence-corrected chi connectivity index (χ1v) is 15.0. The van der Waals surface area contributed by atoms with Crippen molar-refractivity contribution in [2.45, 2.75) is 26.3 Å². The van der Waals surface area contributed by atoms with Crippen LogP contribution in [0.4, 0.5) is 11.5 Å². The molecule has 5 aliphatic heterocycles. The van der Waals surface area contributed by atoms with E-state index in [1.807, 2.05) is 33.4 Å².